The summed E-state index contributed by atoms with van der Waals surface area (Å²) in [7, 11) is 1.60. The molecule has 19 heavy (non-hydrogen) atoms. The highest BCUT2D eigenvalue weighted by Gasteiger charge is 2.43. The SMILES string of the molecule is COCC(=O)N1CCC2(CCN(C3CCC3)CC2)C1. The van der Waals surface area contributed by atoms with Crippen molar-refractivity contribution in [2.24, 2.45) is 5.41 Å². The number of methoxy groups -OCH3 is 1. The standard InChI is InChI=1S/C15H26N2O2/c1-19-11-14(18)17-10-7-15(12-17)5-8-16(9-6-15)13-3-2-4-13/h13H,2-12H2,1H3. The zero-order valence-electron chi connectivity index (χ0n) is 12.1. The van der Waals surface area contributed by atoms with Crippen molar-refractivity contribution in [3.8, 4) is 0 Å². The zero-order valence-corrected chi connectivity index (χ0v) is 12.1. The number of piperidine rings is 1. The van der Waals surface area contributed by atoms with Crippen LogP contribution in [0.1, 0.15) is 38.5 Å². The van der Waals surface area contributed by atoms with Crippen LogP contribution in [0, 0.1) is 5.41 Å². The van der Waals surface area contributed by atoms with Crippen LogP contribution in [0.5, 0.6) is 0 Å². The summed E-state index contributed by atoms with van der Waals surface area (Å²) in [6.45, 7) is 4.64. The molecular weight excluding hydrogens is 240 g/mol. The Morgan fingerprint density at radius 2 is 1.89 bits per heavy atom. The van der Waals surface area contributed by atoms with Crippen molar-refractivity contribution < 1.29 is 9.53 Å². The molecule has 3 rings (SSSR count). The predicted molar refractivity (Wildman–Crippen MR) is 74.0 cm³/mol. The first-order valence-corrected chi connectivity index (χ1v) is 7.73. The quantitative estimate of drug-likeness (QED) is 0.776. The normalized spacial score (nSPS) is 27.7. The van der Waals surface area contributed by atoms with Crippen molar-refractivity contribution in [1.29, 1.82) is 0 Å². The number of hydrogen-bond acceptors (Lipinski definition) is 3. The van der Waals surface area contributed by atoms with Crippen LogP contribution in [-0.4, -0.2) is 61.6 Å². The molecule has 0 atom stereocenters. The summed E-state index contributed by atoms with van der Waals surface area (Å²) in [6, 6.07) is 0.880. The molecule has 1 saturated carbocycles. The molecule has 1 amide bonds. The number of likely N-dealkylation sites (tertiary alicyclic amines) is 2. The van der Waals surface area contributed by atoms with Crippen LogP contribution in [0.15, 0.2) is 0 Å². The predicted octanol–water partition coefficient (Wildman–Crippen LogP) is 1.50. The maximum atomic E-state index is 11.9. The molecule has 3 fully saturated rings. The average molecular weight is 266 g/mol. The smallest absolute Gasteiger partial charge is 0.248 e. The summed E-state index contributed by atoms with van der Waals surface area (Å²) in [6.07, 6.45) is 7.99. The third kappa shape index (κ3) is 2.65. The van der Waals surface area contributed by atoms with Gasteiger partial charge >= 0.3 is 0 Å². The average Bonchev–Trinajstić information content (AvgIpc) is 2.75. The van der Waals surface area contributed by atoms with Crippen LogP contribution in [0.4, 0.5) is 0 Å². The van der Waals surface area contributed by atoms with Crippen molar-refractivity contribution in [2.45, 2.75) is 44.6 Å². The van der Waals surface area contributed by atoms with E-state index >= 15 is 0 Å². The molecule has 0 N–H and O–H groups in total. The van der Waals surface area contributed by atoms with Gasteiger partial charge in [-0.25, -0.2) is 0 Å². The molecule has 0 aromatic rings. The molecule has 0 aromatic heterocycles. The van der Waals surface area contributed by atoms with Gasteiger partial charge < -0.3 is 14.5 Å². The molecule has 0 radical (unpaired) electrons. The number of amides is 1. The van der Waals surface area contributed by atoms with Gasteiger partial charge in [0, 0.05) is 26.2 Å². The van der Waals surface area contributed by atoms with Gasteiger partial charge in [-0.3, -0.25) is 4.79 Å². The van der Waals surface area contributed by atoms with Gasteiger partial charge in [0.25, 0.3) is 0 Å². The lowest BCUT2D eigenvalue weighted by Crippen LogP contribution is -2.48. The summed E-state index contributed by atoms with van der Waals surface area (Å²) in [5.41, 5.74) is 0.420. The molecule has 2 saturated heterocycles. The molecule has 4 nitrogen and oxygen atoms in total. The first-order chi connectivity index (χ1) is 9.22. The van der Waals surface area contributed by atoms with E-state index in [1.165, 1.54) is 51.6 Å². The monoisotopic (exact) mass is 266 g/mol. The van der Waals surface area contributed by atoms with Crippen molar-refractivity contribution in [1.82, 2.24) is 9.80 Å². The van der Waals surface area contributed by atoms with Crippen LogP contribution < -0.4 is 0 Å². The fourth-order valence-electron chi connectivity index (χ4n) is 3.89. The van der Waals surface area contributed by atoms with E-state index in [4.69, 9.17) is 4.74 Å². The minimum atomic E-state index is 0.167. The highest BCUT2D eigenvalue weighted by molar-refractivity contribution is 5.77. The number of carbonyl (C=O) groups excluding carboxylic acids is 1. The Morgan fingerprint density at radius 3 is 2.47 bits per heavy atom. The number of ether oxygens (including phenoxy) is 1. The molecule has 3 aliphatic rings. The van der Waals surface area contributed by atoms with Crippen LogP contribution in [0.25, 0.3) is 0 Å². The Bertz CT molecular complexity index is 333. The van der Waals surface area contributed by atoms with E-state index in [0.717, 1.165) is 19.1 Å². The maximum Gasteiger partial charge on any atom is 0.248 e. The van der Waals surface area contributed by atoms with Gasteiger partial charge in [-0.2, -0.15) is 0 Å². The van der Waals surface area contributed by atoms with Gasteiger partial charge in [0.15, 0.2) is 0 Å². The highest BCUT2D eigenvalue weighted by Crippen LogP contribution is 2.42. The largest absolute Gasteiger partial charge is 0.375 e. The van der Waals surface area contributed by atoms with Crippen LogP contribution in [0.2, 0.25) is 0 Å². The Morgan fingerprint density at radius 1 is 1.21 bits per heavy atom. The van der Waals surface area contributed by atoms with Crippen molar-refractivity contribution in [3.63, 3.8) is 0 Å². The second-order valence-electron chi connectivity index (χ2n) is 6.62. The van der Waals surface area contributed by atoms with Crippen LogP contribution >= 0.6 is 0 Å². The number of carbonyl (C=O) groups is 1. The van der Waals surface area contributed by atoms with Crippen LogP contribution in [-0.2, 0) is 9.53 Å². The summed E-state index contributed by atoms with van der Waals surface area (Å²) >= 11 is 0. The van der Waals surface area contributed by atoms with Gasteiger partial charge in [-0.15, -0.1) is 0 Å². The lowest BCUT2D eigenvalue weighted by Gasteiger charge is -2.45. The third-order valence-corrected chi connectivity index (χ3v) is 5.51. The molecule has 2 heterocycles. The van der Waals surface area contributed by atoms with Gasteiger partial charge in [0.1, 0.15) is 6.61 Å². The van der Waals surface area contributed by atoms with Crippen LogP contribution in [0.3, 0.4) is 0 Å². The Hall–Kier alpha value is -0.610. The Kier molecular flexibility index (Phi) is 3.81. The molecule has 0 unspecified atom stereocenters. The van der Waals surface area contributed by atoms with Crippen molar-refractivity contribution in [3.05, 3.63) is 0 Å². The molecule has 2 aliphatic heterocycles. The molecule has 0 bridgehead atoms. The Balaban J connectivity index is 1.51. The summed E-state index contributed by atoms with van der Waals surface area (Å²) < 4.78 is 4.96. The minimum Gasteiger partial charge on any atom is -0.375 e. The summed E-state index contributed by atoms with van der Waals surface area (Å²) in [5.74, 6) is 0.167. The topological polar surface area (TPSA) is 32.8 Å². The summed E-state index contributed by atoms with van der Waals surface area (Å²) in [5, 5.41) is 0. The van der Waals surface area contributed by atoms with Gasteiger partial charge in [0.05, 0.1) is 0 Å². The van der Waals surface area contributed by atoms with Gasteiger partial charge in [-0.05, 0) is 50.6 Å². The van der Waals surface area contributed by atoms with Crippen molar-refractivity contribution in [2.75, 3.05) is 39.9 Å². The fourth-order valence-corrected chi connectivity index (χ4v) is 3.89. The van der Waals surface area contributed by atoms with E-state index in [1.54, 1.807) is 7.11 Å². The summed E-state index contributed by atoms with van der Waals surface area (Å²) in [4.78, 5) is 16.6. The van der Waals surface area contributed by atoms with Gasteiger partial charge in [-0.1, -0.05) is 6.42 Å². The molecular formula is C15H26N2O2. The highest BCUT2D eigenvalue weighted by atomic mass is 16.5. The molecule has 108 valence electrons. The maximum absolute atomic E-state index is 11.9. The molecule has 1 spiro atoms. The van der Waals surface area contributed by atoms with E-state index in [-0.39, 0.29) is 12.5 Å². The molecule has 0 aromatic carbocycles. The van der Waals surface area contributed by atoms with E-state index < -0.39 is 0 Å². The second-order valence-corrected chi connectivity index (χ2v) is 6.62. The van der Waals surface area contributed by atoms with E-state index in [0.29, 0.717) is 5.41 Å². The Labute approximate surface area is 116 Å². The number of nitrogens with zero attached hydrogens (tertiary/aromatic N) is 2. The first-order valence-electron chi connectivity index (χ1n) is 7.73. The van der Waals surface area contributed by atoms with E-state index in [2.05, 4.69) is 4.90 Å². The first kappa shape index (κ1) is 13.4. The lowest BCUT2D eigenvalue weighted by molar-refractivity contribution is -0.134. The number of hydrogen-bond donors (Lipinski definition) is 0. The second kappa shape index (κ2) is 5.41. The van der Waals surface area contributed by atoms with E-state index in [9.17, 15) is 4.79 Å². The lowest BCUT2D eigenvalue weighted by atomic mass is 9.76. The zero-order chi connectivity index (χ0) is 13.3. The van der Waals surface area contributed by atoms with E-state index in [1.807, 2.05) is 4.90 Å². The molecule has 4 heteroatoms. The third-order valence-electron chi connectivity index (χ3n) is 5.51. The fraction of sp³-hybridized carbons (Fsp3) is 0.933. The molecule has 1 aliphatic carbocycles. The van der Waals surface area contributed by atoms with Crippen molar-refractivity contribution >= 4 is 5.91 Å². The number of rotatable bonds is 3. The minimum absolute atomic E-state index is 0.167. The van der Waals surface area contributed by atoms with Gasteiger partial charge in [0.2, 0.25) is 5.91 Å².